The van der Waals surface area contributed by atoms with Gasteiger partial charge in [0.25, 0.3) is 0 Å². The molecule has 0 saturated carbocycles. The summed E-state index contributed by atoms with van der Waals surface area (Å²) in [6, 6.07) is 8.48. The predicted molar refractivity (Wildman–Crippen MR) is 83.0 cm³/mol. The van der Waals surface area contributed by atoms with E-state index in [0.717, 1.165) is 37.4 Å². The summed E-state index contributed by atoms with van der Waals surface area (Å²) in [5, 5.41) is 0. The Morgan fingerprint density at radius 3 is 2.55 bits per heavy atom. The van der Waals surface area contributed by atoms with Crippen LogP contribution < -0.4 is 10.5 Å². The number of nitrogens with zero attached hydrogens (tertiary/aromatic N) is 1. The van der Waals surface area contributed by atoms with Crippen molar-refractivity contribution in [2.45, 2.75) is 32.9 Å². The van der Waals surface area contributed by atoms with Gasteiger partial charge in [0.15, 0.2) is 0 Å². The highest BCUT2D eigenvalue weighted by molar-refractivity contribution is 5.32. The van der Waals surface area contributed by atoms with Gasteiger partial charge in [0, 0.05) is 38.3 Å². The van der Waals surface area contributed by atoms with E-state index in [-0.39, 0.29) is 0 Å². The first-order chi connectivity index (χ1) is 9.69. The molecule has 20 heavy (non-hydrogen) atoms. The maximum absolute atomic E-state index is 5.82. The molecule has 4 heteroatoms. The van der Waals surface area contributed by atoms with Crippen molar-refractivity contribution in [2.24, 2.45) is 5.73 Å². The highest BCUT2D eigenvalue weighted by Crippen LogP contribution is 2.17. The van der Waals surface area contributed by atoms with Crippen molar-refractivity contribution in [1.82, 2.24) is 4.90 Å². The number of hydrogen-bond acceptors (Lipinski definition) is 4. The minimum atomic E-state index is 0.516. The van der Waals surface area contributed by atoms with Gasteiger partial charge in [0.1, 0.15) is 5.75 Å². The molecular formula is C16H28N2O2. The van der Waals surface area contributed by atoms with E-state index in [1.807, 2.05) is 24.3 Å². The predicted octanol–water partition coefficient (Wildman–Crippen LogP) is 2.27. The Balaban J connectivity index is 2.32. The lowest BCUT2D eigenvalue weighted by atomic mass is 10.2. The topological polar surface area (TPSA) is 47.7 Å². The molecule has 0 aliphatic heterocycles. The monoisotopic (exact) mass is 280 g/mol. The molecule has 0 unspecified atom stereocenters. The van der Waals surface area contributed by atoms with Crippen LogP contribution in [0.3, 0.4) is 0 Å². The van der Waals surface area contributed by atoms with Crippen molar-refractivity contribution >= 4 is 0 Å². The Morgan fingerprint density at radius 1 is 1.15 bits per heavy atom. The zero-order valence-electron chi connectivity index (χ0n) is 13.0. The van der Waals surface area contributed by atoms with E-state index in [1.54, 1.807) is 7.11 Å². The molecule has 0 radical (unpaired) electrons. The number of benzene rings is 1. The van der Waals surface area contributed by atoms with Crippen molar-refractivity contribution in [3.05, 3.63) is 29.8 Å². The van der Waals surface area contributed by atoms with Gasteiger partial charge in [-0.05, 0) is 26.3 Å². The summed E-state index contributed by atoms with van der Waals surface area (Å²) >= 11 is 0. The molecule has 114 valence electrons. The fourth-order valence-corrected chi connectivity index (χ4v) is 2.10. The van der Waals surface area contributed by atoms with Gasteiger partial charge in [-0.1, -0.05) is 18.2 Å². The van der Waals surface area contributed by atoms with Gasteiger partial charge in [-0.3, -0.25) is 4.90 Å². The van der Waals surface area contributed by atoms with Crippen LogP contribution in [-0.2, 0) is 11.3 Å². The lowest BCUT2D eigenvalue weighted by Crippen LogP contribution is -2.35. The maximum Gasteiger partial charge on any atom is 0.123 e. The van der Waals surface area contributed by atoms with Crippen LogP contribution in [0.25, 0.3) is 0 Å². The number of para-hydroxylation sites is 1. The van der Waals surface area contributed by atoms with Gasteiger partial charge >= 0.3 is 0 Å². The summed E-state index contributed by atoms with van der Waals surface area (Å²) in [6.07, 6.45) is 1.00. The summed E-state index contributed by atoms with van der Waals surface area (Å²) in [5.41, 5.74) is 6.76. The zero-order valence-corrected chi connectivity index (χ0v) is 13.0. The van der Waals surface area contributed by atoms with Crippen LogP contribution in [0, 0.1) is 0 Å². The summed E-state index contributed by atoms with van der Waals surface area (Å²) in [5.74, 6) is 0.906. The fraction of sp³-hybridized carbons (Fsp3) is 0.625. The first-order valence-corrected chi connectivity index (χ1v) is 7.32. The molecule has 0 spiro atoms. The van der Waals surface area contributed by atoms with E-state index >= 15 is 0 Å². The number of rotatable bonds is 10. The standard InChI is InChI=1S/C16H28N2O2/c1-14(2)18(10-12-19-3)9-6-11-20-16-8-5-4-7-15(16)13-17/h4-5,7-8,14H,6,9-13,17H2,1-3H3. The van der Waals surface area contributed by atoms with Crippen LogP contribution in [0.15, 0.2) is 24.3 Å². The van der Waals surface area contributed by atoms with E-state index in [9.17, 15) is 0 Å². The van der Waals surface area contributed by atoms with Crippen molar-refractivity contribution in [3.63, 3.8) is 0 Å². The summed E-state index contributed by atoms with van der Waals surface area (Å²) in [7, 11) is 1.74. The minimum absolute atomic E-state index is 0.516. The molecule has 0 saturated heterocycles. The minimum Gasteiger partial charge on any atom is -0.493 e. The normalized spacial score (nSPS) is 11.3. The Hall–Kier alpha value is -1.10. The average Bonchev–Trinajstić information content (AvgIpc) is 2.46. The first kappa shape index (κ1) is 17.0. The van der Waals surface area contributed by atoms with Crippen LogP contribution in [0.5, 0.6) is 5.75 Å². The second-order valence-corrected chi connectivity index (χ2v) is 5.14. The van der Waals surface area contributed by atoms with Crippen LogP contribution in [0.1, 0.15) is 25.8 Å². The summed E-state index contributed by atoms with van der Waals surface area (Å²) < 4.78 is 11.0. The molecule has 1 rings (SSSR count). The molecule has 0 atom stereocenters. The second-order valence-electron chi connectivity index (χ2n) is 5.14. The molecular weight excluding hydrogens is 252 g/mol. The van der Waals surface area contributed by atoms with Gasteiger partial charge in [-0.25, -0.2) is 0 Å². The van der Waals surface area contributed by atoms with Crippen LogP contribution in [0.2, 0.25) is 0 Å². The van der Waals surface area contributed by atoms with Gasteiger partial charge in [-0.15, -0.1) is 0 Å². The third-order valence-electron chi connectivity index (χ3n) is 3.35. The largest absolute Gasteiger partial charge is 0.493 e. The Kier molecular flexibility index (Phi) is 8.26. The van der Waals surface area contributed by atoms with E-state index < -0.39 is 0 Å². The second kappa shape index (κ2) is 9.75. The molecule has 0 amide bonds. The number of hydrogen-bond donors (Lipinski definition) is 1. The molecule has 0 aliphatic carbocycles. The van der Waals surface area contributed by atoms with Crippen LogP contribution >= 0.6 is 0 Å². The third-order valence-corrected chi connectivity index (χ3v) is 3.35. The molecule has 1 aromatic rings. The molecule has 0 bridgehead atoms. The van der Waals surface area contributed by atoms with Gasteiger partial charge in [0.05, 0.1) is 13.2 Å². The van der Waals surface area contributed by atoms with Gasteiger partial charge in [0.2, 0.25) is 0 Å². The summed E-state index contributed by atoms with van der Waals surface area (Å²) in [6.45, 7) is 8.41. The van der Waals surface area contributed by atoms with Crippen molar-refractivity contribution < 1.29 is 9.47 Å². The van der Waals surface area contributed by atoms with Crippen LogP contribution in [-0.4, -0.2) is 44.4 Å². The molecule has 0 aliphatic rings. The Bertz CT molecular complexity index is 369. The van der Waals surface area contributed by atoms with Gasteiger partial charge in [-0.2, -0.15) is 0 Å². The maximum atomic E-state index is 5.82. The number of ether oxygens (including phenoxy) is 2. The SMILES string of the molecule is COCCN(CCCOc1ccccc1CN)C(C)C. The Labute approximate surface area is 122 Å². The lowest BCUT2D eigenvalue weighted by molar-refractivity contribution is 0.124. The average molecular weight is 280 g/mol. The van der Waals surface area contributed by atoms with E-state index in [4.69, 9.17) is 15.2 Å². The third kappa shape index (κ3) is 5.90. The van der Waals surface area contributed by atoms with Crippen molar-refractivity contribution in [3.8, 4) is 5.75 Å². The Morgan fingerprint density at radius 2 is 1.90 bits per heavy atom. The van der Waals surface area contributed by atoms with Crippen LogP contribution in [0.4, 0.5) is 0 Å². The number of nitrogens with two attached hydrogens (primary N) is 1. The smallest absolute Gasteiger partial charge is 0.123 e. The lowest BCUT2D eigenvalue weighted by Gasteiger charge is -2.26. The first-order valence-electron chi connectivity index (χ1n) is 7.32. The molecule has 2 N–H and O–H groups in total. The molecule has 1 aromatic carbocycles. The number of methoxy groups -OCH3 is 1. The molecule has 0 aromatic heterocycles. The highest BCUT2D eigenvalue weighted by atomic mass is 16.5. The molecule has 4 nitrogen and oxygen atoms in total. The summed E-state index contributed by atoms with van der Waals surface area (Å²) in [4.78, 5) is 2.40. The quantitative estimate of drug-likeness (QED) is 0.668. The zero-order chi connectivity index (χ0) is 14.8. The van der Waals surface area contributed by atoms with E-state index in [2.05, 4.69) is 18.7 Å². The highest BCUT2D eigenvalue weighted by Gasteiger charge is 2.08. The van der Waals surface area contributed by atoms with Crippen molar-refractivity contribution in [1.29, 1.82) is 0 Å². The molecule has 0 fully saturated rings. The van der Waals surface area contributed by atoms with E-state index in [0.29, 0.717) is 19.2 Å². The van der Waals surface area contributed by atoms with Gasteiger partial charge < -0.3 is 15.2 Å². The fourth-order valence-electron chi connectivity index (χ4n) is 2.10. The van der Waals surface area contributed by atoms with Crippen molar-refractivity contribution in [2.75, 3.05) is 33.4 Å². The van der Waals surface area contributed by atoms with E-state index in [1.165, 1.54) is 0 Å². The molecule has 0 heterocycles.